The number of anilines is 2. The Balaban J connectivity index is 2.03. The molecule has 1 N–H and O–H groups in total. The number of hydrogen-bond donors (Lipinski definition) is 1. The second kappa shape index (κ2) is 8.57. The molecular weight excluding hydrogens is 359 g/mol. The van der Waals surface area contributed by atoms with Crippen molar-refractivity contribution in [3.63, 3.8) is 0 Å². The fraction of sp³-hybridized carbons (Fsp3) is 0.263. The van der Waals surface area contributed by atoms with Crippen molar-refractivity contribution in [2.24, 2.45) is 0 Å². The lowest BCUT2D eigenvalue weighted by Crippen LogP contribution is -2.37. The van der Waals surface area contributed by atoms with E-state index in [4.69, 9.17) is 0 Å². The highest BCUT2D eigenvalue weighted by Crippen LogP contribution is 2.19. The molecule has 0 unspecified atom stereocenters. The minimum absolute atomic E-state index is 0.00623. The third-order valence-corrected chi connectivity index (χ3v) is 3.96. The first-order valence-corrected chi connectivity index (χ1v) is 8.19. The molecule has 2 rings (SSSR count). The first kappa shape index (κ1) is 20.3. The van der Waals surface area contributed by atoms with Gasteiger partial charge in [-0.25, -0.2) is 13.2 Å². The van der Waals surface area contributed by atoms with Crippen LogP contribution in [0.5, 0.6) is 0 Å². The molecule has 0 radical (unpaired) electrons. The van der Waals surface area contributed by atoms with Gasteiger partial charge in [0.2, 0.25) is 5.91 Å². The molecule has 5 nitrogen and oxygen atoms in total. The largest absolute Gasteiger partial charge is 0.378 e. The molecule has 8 heteroatoms. The molecule has 27 heavy (non-hydrogen) atoms. The Labute approximate surface area is 155 Å². The second-order valence-electron chi connectivity index (χ2n) is 6.06. The lowest BCUT2D eigenvalue weighted by Gasteiger charge is -2.22. The molecule has 0 saturated heterocycles. The molecule has 0 heterocycles. The van der Waals surface area contributed by atoms with Crippen molar-refractivity contribution in [2.45, 2.75) is 6.92 Å². The van der Waals surface area contributed by atoms with Crippen LogP contribution in [0, 0.1) is 17.5 Å². The molecule has 0 bridgehead atoms. The van der Waals surface area contributed by atoms with E-state index in [1.165, 1.54) is 11.8 Å². The monoisotopic (exact) mass is 379 g/mol. The van der Waals surface area contributed by atoms with Crippen molar-refractivity contribution < 1.29 is 22.8 Å². The number of rotatable bonds is 6. The Hall–Kier alpha value is -3.03. The molecule has 144 valence electrons. The van der Waals surface area contributed by atoms with Gasteiger partial charge in [-0.05, 0) is 36.4 Å². The van der Waals surface area contributed by atoms with Gasteiger partial charge in [0.05, 0.1) is 5.56 Å². The van der Waals surface area contributed by atoms with Crippen molar-refractivity contribution in [3.8, 4) is 0 Å². The zero-order valence-corrected chi connectivity index (χ0v) is 15.2. The van der Waals surface area contributed by atoms with E-state index in [0.29, 0.717) is 11.8 Å². The highest BCUT2D eigenvalue weighted by atomic mass is 19.2. The maximum atomic E-state index is 13.7. The van der Waals surface area contributed by atoms with Crippen molar-refractivity contribution in [1.82, 2.24) is 5.32 Å². The van der Waals surface area contributed by atoms with Crippen molar-refractivity contribution >= 4 is 23.2 Å². The van der Waals surface area contributed by atoms with Gasteiger partial charge in [0.15, 0.2) is 17.5 Å². The van der Waals surface area contributed by atoms with Crippen LogP contribution in [0.15, 0.2) is 36.4 Å². The Morgan fingerprint density at radius 3 is 2.07 bits per heavy atom. The van der Waals surface area contributed by atoms with Crippen LogP contribution in [0.4, 0.5) is 24.5 Å². The molecular formula is C19H20F3N3O2. The molecule has 0 saturated carbocycles. The molecule has 2 amide bonds. The van der Waals surface area contributed by atoms with Gasteiger partial charge in [0.25, 0.3) is 5.91 Å². The number of carbonyl (C=O) groups is 2. The number of nitrogens with zero attached hydrogens (tertiary/aromatic N) is 2. The average molecular weight is 379 g/mol. The molecule has 2 aromatic carbocycles. The Morgan fingerprint density at radius 1 is 0.926 bits per heavy atom. The molecule has 0 aliphatic carbocycles. The van der Waals surface area contributed by atoms with E-state index in [2.05, 4.69) is 5.32 Å². The van der Waals surface area contributed by atoms with Gasteiger partial charge in [0, 0.05) is 45.5 Å². The molecule has 0 fully saturated rings. The van der Waals surface area contributed by atoms with Crippen LogP contribution in [0.3, 0.4) is 0 Å². The van der Waals surface area contributed by atoms with Gasteiger partial charge in [-0.15, -0.1) is 0 Å². The maximum Gasteiger partial charge on any atom is 0.254 e. The fourth-order valence-electron chi connectivity index (χ4n) is 2.48. The predicted octanol–water partition coefficient (Wildman–Crippen LogP) is 2.95. The fourth-order valence-corrected chi connectivity index (χ4v) is 2.48. The molecule has 0 aliphatic heterocycles. The smallest absolute Gasteiger partial charge is 0.254 e. The maximum absolute atomic E-state index is 13.7. The zero-order chi connectivity index (χ0) is 20.1. The van der Waals surface area contributed by atoms with Crippen LogP contribution in [0.2, 0.25) is 0 Å². The summed E-state index contributed by atoms with van der Waals surface area (Å²) in [6.07, 6.45) is 0. The zero-order valence-electron chi connectivity index (χ0n) is 15.2. The van der Waals surface area contributed by atoms with Gasteiger partial charge in [-0.1, -0.05) is 0 Å². The number of nitrogens with one attached hydrogen (secondary N) is 1. The summed E-state index contributed by atoms with van der Waals surface area (Å²) in [7, 11) is 3.79. The first-order valence-electron chi connectivity index (χ1n) is 8.19. The van der Waals surface area contributed by atoms with Gasteiger partial charge in [-0.2, -0.15) is 0 Å². The quantitative estimate of drug-likeness (QED) is 0.786. The van der Waals surface area contributed by atoms with Crippen LogP contribution in [0.25, 0.3) is 0 Å². The summed E-state index contributed by atoms with van der Waals surface area (Å²) in [4.78, 5) is 27.2. The number of hydrogen-bond acceptors (Lipinski definition) is 3. The summed E-state index contributed by atoms with van der Waals surface area (Å²) >= 11 is 0. The summed E-state index contributed by atoms with van der Waals surface area (Å²) < 4.78 is 39.8. The van der Waals surface area contributed by atoms with Crippen LogP contribution < -0.4 is 15.1 Å². The van der Waals surface area contributed by atoms with Crippen LogP contribution in [-0.2, 0) is 4.79 Å². The van der Waals surface area contributed by atoms with E-state index in [1.54, 1.807) is 12.1 Å². The highest BCUT2D eigenvalue weighted by molar-refractivity contribution is 5.95. The molecule has 2 aromatic rings. The van der Waals surface area contributed by atoms with E-state index < -0.39 is 28.9 Å². The lowest BCUT2D eigenvalue weighted by molar-refractivity contribution is -0.116. The van der Waals surface area contributed by atoms with E-state index >= 15 is 0 Å². The van der Waals surface area contributed by atoms with Gasteiger partial charge < -0.3 is 15.1 Å². The van der Waals surface area contributed by atoms with E-state index in [9.17, 15) is 22.8 Å². The van der Waals surface area contributed by atoms with Crippen LogP contribution in [0.1, 0.15) is 17.3 Å². The van der Waals surface area contributed by atoms with Crippen molar-refractivity contribution in [3.05, 3.63) is 59.4 Å². The number of halogens is 3. The van der Waals surface area contributed by atoms with Crippen molar-refractivity contribution in [2.75, 3.05) is 37.0 Å². The third-order valence-electron chi connectivity index (χ3n) is 3.96. The minimum Gasteiger partial charge on any atom is -0.378 e. The van der Waals surface area contributed by atoms with E-state index in [1.807, 2.05) is 31.1 Å². The van der Waals surface area contributed by atoms with Crippen LogP contribution in [-0.4, -0.2) is 39.0 Å². The summed E-state index contributed by atoms with van der Waals surface area (Å²) in [6, 6.07) is 8.79. The number of benzene rings is 2. The topological polar surface area (TPSA) is 52.7 Å². The SMILES string of the molecule is CC(=O)N(CCNC(=O)c1ccc(F)c(F)c1F)c1ccc(N(C)C)cc1. The average Bonchev–Trinajstić information content (AvgIpc) is 2.63. The highest BCUT2D eigenvalue weighted by Gasteiger charge is 2.19. The number of carbonyl (C=O) groups excluding carboxylic acids is 2. The Bertz CT molecular complexity index is 839. The van der Waals surface area contributed by atoms with Gasteiger partial charge >= 0.3 is 0 Å². The minimum atomic E-state index is -1.70. The standard InChI is InChI=1S/C19H20F3N3O2/c1-12(26)25(14-6-4-13(5-7-14)24(2)3)11-10-23-19(27)15-8-9-16(20)18(22)17(15)21/h4-9H,10-11H2,1-3H3,(H,23,27). The normalized spacial score (nSPS) is 10.4. The molecule has 0 aliphatic rings. The number of amides is 2. The summed E-state index contributed by atoms with van der Waals surface area (Å²) in [5.41, 5.74) is 1.00. The van der Waals surface area contributed by atoms with E-state index in [-0.39, 0.29) is 19.0 Å². The Morgan fingerprint density at radius 2 is 1.52 bits per heavy atom. The summed E-state index contributed by atoms with van der Waals surface area (Å²) in [5, 5.41) is 2.40. The Kier molecular flexibility index (Phi) is 6.44. The second-order valence-corrected chi connectivity index (χ2v) is 6.06. The molecule has 0 atom stereocenters. The first-order chi connectivity index (χ1) is 12.7. The predicted molar refractivity (Wildman–Crippen MR) is 97.4 cm³/mol. The summed E-state index contributed by atoms with van der Waals surface area (Å²) in [5.74, 6) is -5.74. The van der Waals surface area contributed by atoms with E-state index in [0.717, 1.165) is 11.8 Å². The van der Waals surface area contributed by atoms with Crippen LogP contribution >= 0.6 is 0 Å². The van der Waals surface area contributed by atoms with Crippen molar-refractivity contribution in [1.29, 1.82) is 0 Å². The molecule has 0 spiro atoms. The summed E-state index contributed by atoms with van der Waals surface area (Å²) in [6.45, 7) is 1.52. The lowest BCUT2D eigenvalue weighted by atomic mass is 10.2. The molecule has 0 aromatic heterocycles. The van der Waals surface area contributed by atoms with Gasteiger partial charge in [-0.3, -0.25) is 9.59 Å². The third kappa shape index (κ3) is 4.78. The van der Waals surface area contributed by atoms with Gasteiger partial charge in [0.1, 0.15) is 0 Å².